The summed E-state index contributed by atoms with van der Waals surface area (Å²) in [7, 11) is 0. The Hall–Kier alpha value is -6.50. The van der Waals surface area contributed by atoms with Gasteiger partial charge >= 0.3 is 0 Å². The predicted molar refractivity (Wildman–Crippen MR) is 216 cm³/mol. The smallest absolute Gasteiger partial charge is 0.0622 e. The van der Waals surface area contributed by atoms with E-state index in [4.69, 9.17) is 11.0 Å². The highest BCUT2D eigenvalue weighted by atomic mass is 14.2. The molecule has 0 amide bonds. The molecular formula is C50H32. The molecule has 0 saturated heterocycles. The largest absolute Gasteiger partial charge is 0.0636 e. The normalized spacial score (nSPS) is 16.9. The topological polar surface area (TPSA) is 0 Å². The molecule has 0 unspecified atom stereocenters. The lowest BCUT2D eigenvalue weighted by Crippen LogP contribution is -1.93. The second kappa shape index (κ2) is 11.6. The number of rotatable bonds is 4. The van der Waals surface area contributed by atoms with Gasteiger partial charge in [0.15, 0.2) is 0 Å². The summed E-state index contributed by atoms with van der Waals surface area (Å²) >= 11 is 0. The summed E-state index contributed by atoms with van der Waals surface area (Å²) in [6, 6.07) is 10.0. The third-order valence-corrected chi connectivity index (χ3v) is 8.94. The third-order valence-electron chi connectivity index (χ3n) is 8.94. The van der Waals surface area contributed by atoms with E-state index in [1.54, 1.807) is 12.1 Å². The van der Waals surface area contributed by atoms with E-state index < -0.39 is 158 Å². The minimum atomic E-state index is -0.855. The molecule has 10 rings (SSSR count). The van der Waals surface area contributed by atoms with Crippen molar-refractivity contribution in [3.8, 4) is 44.5 Å². The summed E-state index contributed by atoms with van der Waals surface area (Å²) in [4.78, 5) is 0. The van der Waals surface area contributed by atoms with Crippen LogP contribution in [0.15, 0.2) is 194 Å². The molecular weight excluding hydrogens is 601 g/mol. The lowest BCUT2D eigenvalue weighted by molar-refractivity contribution is 1.58. The molecule has 50 heavy (non-hydrogen) atoms. The van der Waals surface area contributed by atoms with Gasteiger partial charge in [-0.2, -0.15) is 0 Å². The maximum atomic E-state index is 9.62. The Labute approximate surface area is 318 Å². The van der Waals surface area contributed by atoms with Crippen LogP contribution in [-0.4, -0.2) is 0 Å². The van der Waals surface area contributed by atoms with Gasteiger partial charge in [-0.05, 0) is 129 Å². The van der Waals surface area contributed by atoms with Gasteiger partial charge in [0.05, 0.1) is 26.0 Å². The van der Waals surface area contributed by atoms with Crippen molar-refractivity contribution < 1.29 is 26.0 Å². The Morgan fingerprint density at radius 1 is 0.300 bits per heavy atom. The third kappa shape index (κ3) is 4.61. The minimum Gasteiger partial charge on any atom is -0.0622 e. The average molecular weight is 652 g/mol. The Morgan fingerprint density at radius 2 is 0.800 bits per heavy atom. The Kier molecular flexibility index (Phi) is 3.56. The van der Waals surface area contributed by atoms with Crippen LogP contribution in [0.25, 0.3) is 98.4 Å². The van der Waals surface area contributed by atoms with Crippen LogP contribution < -0.4 is 0 Å². The molecule has 10 aromatic carbocycles. The van der Waals surface area contributed by atoms with Gasteiger partial charge in [0, 0.05) is 0 Å². The minimum absolute atomic E-state index is 0.0256. The van der Waals surface area contributed by atoms with Gasteiger partial charge in [-0.15, -0.1) is 0 Å². The van der Waals surface area contributed by atoms with Crippen molar-refractivity contribution in [1.29, 1.82) is 0 Å². The van der Waals surface area contributed by atoms with Gasteiger partial charge in [0.1, 0.15) is 0 Å². The molecule has 0 nitrogen and oxygen atoms in total. The fourth-order valence-corrected chi connectivity index (χ4v) is 6.72. The number of hydrogen-bond donors (Lipinski definition) is 0. The fraction of sp³-hybridized carbons (Fsp3) is 0. The van der Waals surface area contributed by atoms with E-state index in [0.717, 1.165) is 11.1 Å². The van der Waals surface area contributed by atoms with Crippen molar-refractivity contribution >= 4 is 53.9 Å². The van der Waals surface area contributed by atoms with Crippen LogP contribution in [-0.2, 0) is 0 Å². The number of hydrogen-bond acceptors (Lipinski definition) is 0. The van der Waals surface area contributed by atoms with E-state index >= 15 is 0 Å². The van der Waals surface area contributed by atoms with E-state index in [1.807, 2.05) is 66.7 Å². The van der Waals surface area contributed by atoms with Crippen LogP contribution >= 0.6 is 0 Å². The summed E-state index contributed by atoms with van der Waals surface area (Å²) in [6.07, 6.45) is 0. The van der Waals surface area contributed by atoms with Gasteiger partial charge in [0.2, 0.25) is 0 Å². The Bertz CT molecular complexity index is 3840. The Balaban J connectivity index is 1.52. The molecule has 10 aromatic rings. The number of benzene rings is 10. The molecule has 0 heteroatoms. The summed E-state index contributed by atoms with van der Waals surface area (Å²) < 4.78 is 175. The van der Waals surface area contributed by atoms with Crippen LogP contribution in [0.5, 0.6) is 0 Å². The summed E-state index contributed by atoms with van der Waals surface area (Å²) in [5.41, 5.74) is 2.08. The monoisotopic (exact) mass is 651 g/mol. The molecule has 0 saturated carbocycles. The first-order chi connectivity index (χ1) is 32.7. The molecule has 0 heterocycles. The quantitative estimate of drug-likeness (QED) is 0.131. The summed E-state index contributed by atoms with van der Waals surface area (Å²) in [5, 5.41) is -3.99. The molecule has 0 fully saturated rings. The lowest BCUT2D eigenvalue weighted by atomic mass is 9.83. The molecule has 0 atom stereocenters. The highest BCUT2D eigenvalue weighted by Gasteiger charge is 2.19. The molecule has 0 aliphatic carbocycles. The van der Waals surface area contributed by atoms with E-state index in [9.17, 15) is 15.1 Å². The van der Waals surface area contributed by atoms with E-state index in [0.29, 0.717) is 11.1 Å². The van der Waals surface area contributed by atoms with Gasteiger partial charge in [0.25, 0.3) is 0 Å². The first-order valence-corrected chi connectivity index (χ1v) is 15.8. The van der Waals surface area contributed by atoms with Gasteiger partial charge in [-0.3, -0.25) is 0 Å². The Morgan fingerprint density at radius 3 is 1.40 bits per heavy atom. The van der Waals surface area contributed by atoms with Crippen molar-refractivity contribution in [2.75, 3.05) is 0 Å². The zero-order valence-electron chi connectivity index (χ0n) is 45.0. The SMILES string of the molecule is [2H]c1c([2H])c([2H])c2c(-c3c([2H])c([2H])c([2H])c4c3c([2H])c([2H])c3c([2H])c5c([2H])c([2H])c([2H])c([2H])c5c([2H])c34)c3c([2H])c([2H])c([2H])c([2H])c3c(-c3cc(-c4ccccc4)cc(-c4ccccc4)c3)c2c1[2H]. The number of fused-ring (bicyclic) bond motifs is 6. The zero-order chi connectivity index (χ0) is 49.6. The maximum Gasteiger partial charge on any atom is 0.0636 e. The fourth-order valence-electron chi connectivity index (χ4n) is 6.72. The molecule has 0 aromatic heterocycles. The molecule has 0 N–H and O–H groups in total. The van der Waals surface area contributed by atoms with Crippen LogP contribution in [0.4, 0.5) is 0 Å². The summed E-state index contributed by atoms with van der Waals surface area (Å²) in [5.74, 6) is 0. The van der Waals surface area contributed by atoms with Crippen molar-refractivity contribution in [3.63, 3.8) is 0 Å². The predicted octanol–water partition coefficient (Wildman–Crippen LogP) is 14.1. The molecule has 0 bridgehead atoms. The van der Waals surface area contributed by atoms with Crippen LogP contribution in [0.3, 0.4) is 0 Å². The van der Waals surface area contributed by atoms with Crippen LogP contribution in [0.2, 0.25) is 0 Å². The van der Waals surface area contributed by atoms with Crippen LogP contribution in [0, 0.1) is 0 Å². The average Bonchev–Trinajstić information content (AvgIpc) is 3.35. The van der Waals surface area contributed by atoms with E-state index in [-0.39, 0.29) is 32.7 Å². The summed E-state index contributed by atoms with van der Waals surface area (Å²) in [6.45, 7) is 0. The van der Waals surface area contributed by atoms with E-state index in [1.165, 1.54) is 0 Å². The molecule has 0 aliphatic heterocycles. The highest BCUT2D eigenvalue weighted by Crippen LogP contribution is 2.47. The van der Waals surface area contributed by atoms with Crippen molar-refractivity contribution in [2.24, 2.45) is 0 Å². The maximum absolute atomic E-state index is 9.62. The van der Waals surface area contributed by atoms with Gasteiger partial charge in [-0.25, -0.2) is 0 Å². The molecule has 232 valence electrons. The lowest BCUT2D eigenvalue weighted by Gasteiger charge is -2.20. The van der Waals surface area contributed by atoms with Gasteiger partial charge < -0.3 is 0 Å². The van der Waals surface area contributed by atoms with Crippen molar-refractivity contribution in [3.05, 3.63) is 194 Å². The molecule has 0 aliphatic rings. The van der Waals surface area contributed by atoms with Crippen molar-refractivity contribution in [1.82, 2.24) is 0 Å². The highest BCUT2D eigenvalue weighted by molar-refractivity contribution is 6.25. The zero-order valence-corrected chi connectivity index (χ0v) is 26.0. The first-order valence-electron chi connectivity index (χ1n) is 25.3. The van der Waals surface area contributed by atoms with Crippen molar-refractivity contribution in [2.45, 2.75) is 0 Å². The standard InChI is InChI=1S/C50H32/c1-3-14-33(15-4-1)38-29-39(34-16-5-2-6-17-34)31-40(30-38)49-44-20-9-11-22-46(44)50(47-23-12-10-21-45(47)49)43-25-13-24-41-42(43)27-26-37-28-35-18-7-8-19-36(35)32-48(37)41/h1-32H/i7D,8D,9D,10D,11D,12D,13D,18D,19D,20D,21D,22D,23D,24D,25D,26D,27D,28D,32D. The molecule has 0 spiro atoms. The second-order valence-corrected chi connectivity index (χ2v) is 11.8. The van der Waals surface area contributed by atoms with Crippen LogP contribution in [0.1, 0.15) is 26.0 Å². The van der Waals surface area contributed by atoms with Gasteiger partial charge in [-0.1, -0.05) is 163 Å². The van der Waals surface area contributed by atoms with E-state index in [2.05, 4.69) is 0 Å². The second-order valence-electron chi connectivity index (χ2n) is 11.8. The molecule has 0 radical (unpaired) electrons. The first kappa shape index (κ1) is 15.4.